The van der Waals surface area contributed by atoms with Crippen molar-refractivity contribution in [2.24, 2.45) is 0 Å². The van der Waals surface area contributed by atoms with Crippen molar-refractivity contribution in [1.82, 2.24) is 5.32 Å². The van der Waals surface area contributed by atoms with Crippen LogP contribution >= 0.6 is 0 Å². The van der Waals surface area contributed by atoms with Crippen LogP contribution in [0.5, 0.6) is 0 Å². The Kier molecular flexibility index (Phi) is 1.86. The van der Waals surface area contributed by atoms with Crippen LogP contribution in [0.25, 0.3) is 0 Å². The third-order valence-electron chi connectivity index (χ3n) is 1.63. The summed E-state index contributed by atoms with van der Waals surface area (Å²) in [6.07, 6.45) is 1.99. The summed E-state index contributed by atoms with van der Waals surface area (Å²) < 4.78 is 0. The van der Waals surface area contributed by atoms with Crippen molar-refractivity contribution >= 4 is 0 Å². The van der Waals surface area contributed by atoms with Gasteiger partial charge >= 0.3 is 0 Å². The number of hydrogen-bond donors (Lipinski definition) is 2. The Bertz CT molecular complexity index is 56.9. The van der Waals surface area contributed by atoms with Crippen molar-refractivity contribution in [3.8, 4) is 0 Å². The van der Waals surface area contributed by atoms with Crippen molar-refractivity contribution in [1.29, 1.82) is 0 Å². The van der Waals surface area contributed by atoms with E-state index in [1.165, 1.54) is 0 Å². The molecular weight excluding hydrogens is 102 g/mol. The highest BCUT2D eigenvalue weighted by molar-refractivity contribution is 4.72. The molecule has 2 heteroatoms. The molecule has 2 nitrogen and oxygen atoms in total. The van der Waals surface area contributed by atoms with E-state index in [9.17, 15) is 0 Å². The van der Waals surface area contributed by atoms with Gasteiger partial charge in [0.1, 0.15) is 0 Å². The molecule has 0 bridgehead atoms. The average Bonchev–Trinajstić information content (AvgIpc) is 1.77. The maximum Gasteiger partial charge on any atom is 0.0665 e. The van der Waals surface area contributed by atoms with Crippen LogP contribution in [0.4, 0.5) is 0 Å². The lowest BCUT2D eigenvalue weighted by Gasteiger charge is -2.23. The topological polar surface area (TPSA) is 32.3 Å². The molecule has 2 atom stereocenters. The van der Waals surface area contributed by atoms with Gasteiger partial charge in [0.2, 0.25) is 0 Å². The van der Waals surface area contributed by atoms with Gasteiger partial charge in [-0.05, 0) is 19.8 Å². The molecule has 1 heterocycles. The van der Waals surface area contributed by atoms with Crippen LogP contribution in [-0.2, 0) is 0 Å². The van der Waals surface area contributed by atoms with Gasteiger partial charge in [0.15, 0.2) is 0 Å². The van der Waals surface area contributed by atoms with Gasteiger partial charge < -0.3 is 10.4 Å². The molecular formula is C6H13NO. The van der Waals surface area contributed by atoms with Crippen LogP contribution in [0.15, 0.2) is 0 Å². The molecule has 48 valence electrons. The maximum absolute atomic E-state index is 8.96. The van der Waals surface area contributed by atoms with Gasteiger partial charge in [0.05, 0.1) is 6.10 Å². The molecule has 1 saturated heterocycles. The van der Waals surface area contributed by atoms with E-state index in [-0.39, 0.29) is 6.10 Å². The Morgan fingerprint density at radius 1 is 1.50 bits per heavy atom. The van der Waals surface area contributed by atoms with Crippen LogP contribution in [0.1, 0.15) is 19.8 Å². The molecule has 0 aromatic heterocycles. The zero-order chi connectivity index (χ0) is 5.98. The summed E-state index contributed by atoms with van der Waals surface area (Å²) >= 11 is 0. The lowest BCUT2D eigenvalue weighted by Crippen LogP contribution is -2.39. The van der Waals surface area contributed by atoms with Crippen molar-refractivity contribution in [2.75, 3.05) is 6.54 Å². The Balaban J connectivity index is 2.19. The van der Waals surface area contributed by atoms with Crippen LogP contribution < -0.4 is 5.32 Å². The summed E-state index contributed by atoms with van der Waals surface area (Å²) in [5, 5.41) is 12.1. The smallest absolute Gasteiger partial charge is 0.0665 e. The summed E-state index contributed by atoms with van der Waals surface area (Å²) in [5.74, 6) is 0. The van der Waals surface area contributed by atoms with E-state index in [1.807, 2.05) is 0 Å². The number of rotatable bonds is 0. The third kappa shape index (κ3) is 1.46. The number of aliphatic hydroxyl groups is 1. The first-order chi connectivity index (χ1) is 3.79. The maximum atomic E-state index is 8.96. The second-order valence-electron chi connectivity index (χ2n) is 2.54. The summed E-state index contributed by atoms with van der Waals surface area (Å²) in [5.41, 5.74) is 0. The number of nitrogens with one attached hydrogen (secondary N) is 1. The number of aliphatic hydroxyl groups excluding tert-OH is 1. The van der Waals surface area contributed by atoms with Crippen LogP contribution in [0.2, 0.25) is 0 Å². The highest BCUT2D eigenvalue weighted by Gasteiger charge is 2.13. The predicted octanol–water partition coefficient (Wildman–Crippen LogP) is 0.119. The largest absolute Gasteiger partial charge is 0.392 e. The first-order valence-corrected chi connectivity index (χ1v) is 3.20. The molecule has 0 amide bonds. The molecule has 1 fully saturated rings. The molecule has 1 aliphatic heterocycles. The standard InChI is InChI=1S/C6H13NO/c1-5-2-3-6(8)4-7-5/h5-8H,2-4H2,1H3/t5-,6+/m1/s1. The predicted molar refractivity (Wildman–Crippen MR) is 32.7 cm³/mol. The average molecular weight is 115 g/mol. The van der Waals surface area contributed by atoms with Crippen molar-refractivity contribution < 1.29 is 5.11 Å². The third-order valence-corrected chi connectivity index (χ3v) is 1.63. The van der Waals surface area contributed by atoms with Gasteiger partial charge in [-0.1, -0.05) is 0 Å². The second kappa shape index (κ2) is 2.46. The van der Waals surface area contributed by atoms with E-state index >= 15 is 0 Å². The monoisotopic (exact) mass is 115 g/mol. The Labute approximate surface area is 49.9 Å². The normalized spacial score (nSPS) is 39.8. The van der Waals surface area contributed by atoms with Crippen molar-refractivity contribution in [2.45, 2.75) is 31.9 Å². The van der Waals surface area contributed by atoms with Crippen LogP contribution in [0, 0.1) is 0 Å². The van der Waals surface area contributed by atoms with E-state index in [1.54, 1.807) is 0 Å². The summed E-state index contributed by atoms with van der Waals surface area (Å²) in [4.78, 5) is 0. The Morgan fingerprint density at radius 2 is 2.25 bits per heavy atom. The van der Waals surface area contributed by atoms with Gasteiger partial charge in [-0.3, -0.25) is 0 Å². The molecule has 0 radical (unpaired) electrons. The minimum atomic E-state index is -0.0915. The fourth-order valence-corrected chi connectivity index (χ4v) is 0.984. The van der Waals surface area contributed by atoms with E-state index in [2.05, 4.69) is 12.2 Å². The van der Waals surface area contributed by atoms with Crippen LogP contribution in [0.3, 0.4) is 0 Å². The lowest BCUT2D eigenvalue weighted by molar-refractivity contribution is 0.129. The first-order valence-electron chi connectivity index (χ1n) is 3.20. The fraction of sp³-hybridized carbons (Fsp3) is 1.00. The summed E-state index contributed by atoms with van der Waals surface area (Å²) in [6, 6.07) is 0.610. The molecule has 0 aromatic carbocycles. The SMILES string of the molecule is C[C@@H]1CC[C@H](O)CN1. The highest BCUT2D eigenvalue weighted by atomic mass is 16.3. The van der Waals surface area contributed by atoms with Gasteiger partial charge in [0.25, 0.3) is 0 Å². The molecule has 0 aromatic rings. The van der Waals surface area contributed by atoms with Gasteiger partial charge in [-0.15, -0.1) is 0 Å². The van der Waals surface area contributed by atoms with E-state index in [0.717, 1.165) is 19.4 Å². The van der Waals surface area contributed by atoms with E-state index in [4.69, 9.17) is 5.11 Å². The zero-order valence-corrected chi connectivity index (χ0v) is 5.22. The molecule has 0 spiro atoms. The fourth-order valence-electron chi connectivity index (χ4n) is 0.984. The van der Waals surface area contributed by atoms with E-state index < -0.39 is 0 Å². The lowest BCUT2D eigenvalue weighted by atomic mass is 10.0. The van der Waals surface area contributed by atoms with E-state index in [0.29, 0.717) is 6.04 Å². The quantitative estimate of drug-likeness (QED) is 0.470. The molecule has 1 aliphatic rings. The Morgan fingerprint density at radius 3 is 2.62 bits per heavy atom. The molecule has 8 heavy (non-hydrogen) atoms. The first kappa shape index (κ1) is 6.05. The summed E-state index contributed by atoms with van der Waals surface area (Å²) in [6.45, 7) is 2.92. The number of β-amino-alcohol motifs (C(OH)–C–C–N with tert-alkyl or cyclic N) is 1. The minimum absolute atomic E-state index is 0.0915. The van der Waals surface area contributed by atoms with Crippen LogP contribution in [-0.4, -0.2) is 23.8 Å². The highest BCUT2D eigenvalue weighted by Crippen LogP contribution is 2.05. The molecule has 0 aliphatic carbocycles. The van der Waals surface area contributed by atoms with Gasteiger partial charge in [-0.2, -0.15) is 0 Å². The molecule has 1 rings (SSSR count). The van der Waals surface area contributed by atoms with Crippen molar-refractivity contribution in [3.63, 3.8) is 0 Å². The Hall–Kier alpha value is -0.0800. The zero-order valence-electron chi connectivity index (χ0n) is 5.22. The molecule has 2 N–H and O–H groups in total. The van der Waals surface area contributed by atoms with Gasteiger partial charge in [-0.25, -0.2) is 0 Å². The van der Waals surface area contributed by atoms with Gasteiger partial charge in [0, 0.05) is 12.6 Å². The minimum Gasteiger partial charge on any atom is -0.392 e. The summed E-state index contributed by atoms with van der Waals surface area (Å²) in [7, 11) is 0. The molecule has 0 saturated carbocycles. The number of hydrogen-bond acceptors (Lipinski definition) is 2. The second-order valence-corrected chi connectivity index (χ2v) is 2.54. The number of piperidine rings is 1. The molecule has 0 unspecified atom stereocenters. The van der Waals surface area contributed by atoms with Crippen molar-refractivity contribution in [3.05, 3.63) is 0 Å².